The predicted molar refractivity (Wildman–Crippen MR) is 66.7 cm³/mol. The first kappa shape index (κ1) is 10.2. The van der Waals surface area contributed by atoms with Crippen LogP contribution in [0.2, 0.25) is 0 Å². The minimum atomic E-state index is -0.904. The first-order chi connectivity index (χ1) is 8.18. The number of nitrogens with zero attached hydrogens (tertiary/aromatic N) is 1. The van der Waals surface area contributed by atoms with Crippen molar-refractivity contribution < 1.29 is 9.90 Å². The average Bonchev–Trinajstić information content (AvgIpc) is 2.62. The summed E-state index contributed by atoms with van der Waals surface area (Å²) in [7, 11) is 0. The van der Waals surface area contributed by atoms with Gasteiger partial charge in [0.2, 0.25) is 0 Å². The number of carbonyl (C=O) groups is 1. The van der Waals surface area contributed by atoms with E-state index in [1.807, 2.05) is 24.3 Å². The van der Waals surface area contributed by atoms with Gasteiger partial charge in [-0.25, -0.2) is 9.36 Å². The van der Waals surface area contributed by atoms with E-state index >= 15 is 0 Å². The van der Waals surface area contributed by atoms with Gasteiger partial charge in [-0.3, -0.25) is 0 Å². The number of carboxylic acid groups (broad SMARTS) is 1. The maximum absolute atomic E-state index is 11.4. The van der Waals surface area contributed by atoms with Crippen LogP contribution >= 0.6 is 0 Å². The number of aromatic nitrogens is 1. The molecule has 1 aromatic carbocycles. The molecule has 4 heteroatoms. The number of anilines is 1. The normalized spacial score (nSPS) is 18.8. The third-order valence-corrected chi connectivity index (χ3v) is 3.33. The average molecular weight is 230 g/mol. The van der Waals surface area contributed by atoms with E-state index in [2.05, 4.69) is 12.2 Å². The van der Waals surface area contributed by atoms with Crippen LogP contribution in [0.25, 0.3) is 10.9 Å². The molecule has 0 saturated heterocycles. The fraction of sp³-hybridized carbons (Fsp3) is 0.308. The molecule has 17 heavy (non-hydrogen) atoms. The van der Waals surface area contributed by atoms with Crippen molar-refractivity contribution in [3.63, 3.8) is 0 Å². The Morgan fingerprint density at radius 1 is 1.47 bits per heavy atom. The Kier molecular flexibility index (Phi) is 2.11. The minimum Gasteiger partial charge on any atom is -0.464 e. The second-order valence-electron chi connectivity index (χ2n) is 4.65. The van der Waals surface area contributed by atoms with E-state index in [0.717, 1.165) is 35.2 Å². The fourth-order valence-electron chi connectivity index (χ4n) is 2.58. The summed E-state index contributed by atoms with van der Waals surface area (Å²) in [6.45, 7) is 3.03. The van der Waals surface area contributed by atoms with E-state index < -0.39 is 6.09 Å². The van der Waals surface area contributed by atoms with Gasteiger partial charge in [-0.15, -0.1) is 0 Å². The third-order valence-electron chi connectivity index (χ3n) is 3.33. The van der Waals surface area contributed by atoms with Gasteiger partial charge in [0, 0.05) is 11.9 Å². The van der Waals surface area contributed by atoms with E-state index in [4.69, 9.17) is 0 Å². The lowest BCUT2D eigenvalue weighted by Gasteiger charge is -2.21. The Morgan fingerprint density at radius 3 is 3.00 bits per heavy atom. The van der Waals surface area contributed by atoms with Crippen LogP contribution in [-0.2, 0) is 6.42 Å². The molecule has 3 rings (SSSR count). The summed E-state index contributed by atoms with van der Waals surface area (Å²) in [5, 5.41) is 13.7. The van der Waals surface area contributed by atoms with Crippen molar-refractivity contribution in [1.29, 1.82) is 0 Å². The molecule has 0 aliphatic carbocycles. The van der Waals surface area contributed by atoms with E-state index in [9.17, 15) is 9.90 Å². The molecule has 0 fully saturated rings. The SMILES string of the molecule is CC1CNc2c(n(C(=O)O)c3ccccc23)C1. The highest BCUT2D eigenvalue weighted by molar-refractivity contribution is 6.00. The highest BCUT2D eigenvalue weighted by Crippen LogP contribution is 2.35. The summed E-state index contributed by atoms with van der Waals surface area (Å²) in [6.07, 6.45) is -0.0955. The second-order valence-corrected chi connectivity index (χ2v) is 4.65. The van der Waals surface area contributed by atoms with Crippen molar-refractivity contribution in [3.8, 4) is 0 Å². The van der Waals surface area contributed by atoms with E-state index in [1.54, 1.807) is 0 Å². The summed E-state index contributed by atoms with van der Waals surface area (Å²) in [6, 6.07) is 7.63. The summed E-state index contributed by atoms with van der Waals surface area (Å²) >= 11 is 0. The van der Waals surface area contributed by atoms with E-state index in [1.165, 1.54) is 4.57 Å². The van der Waals surface area contributed by atoms with Crippen molar-refractivity contribution in [3.05, 3.63) is 30.0 Å². The van der Waals surface area contributed by atoms with Crippen molar-refractivity contribution in [2.45, 2.75) is 13.3 Å². The lowest BCUT2D eigenvalue weighted by Crippen LogP contribution is -2.23. The van der Waals surface area contributed by atoms with Crippen LogP contribution < -0.4 is 5.32 Å². The Balaban J connectivity index is 2.36. The van der Waals surface area contributed by atoms with Gasteiger partial charge in [0.15, 0.2) is 0 Å². The summed E-state index contributed by atoms with van der Waals surface area (Å²) in [5.41, 5.74) is 2.64. The van der Waals surface area contributed by atoms with Crippen LogP contribution in [0.3, 0.4) is 0 Å². The molecule has 1 unspecified atom stereocenters. The molecule has 0 saturated carbocycles. The number of rotatable bonds is 0. The molecule has 4 nitrogen and oxygen atoms in total. The maximum atomic E-state index is 11.4. The smallest absolute Gasteiger partial charge is 0.416 e. The molecule has 1 atom stereocenters. The van der Waals surface area contributed by atoms with Crippen molar-refractivity contribution in [2.75, 3.05) is 11.9 Å². The Hall–Kier alpha value is -1.97. The van der Waals surface area contributed by atoms with Crippen molar-refractivity contribution >= 4 is 22.7 Å². The Bertz CT molecular complexity index is 601. The highest BCUT2D eigenvalue weighted by atomic mass is 16.4. The molecule has 2 N–H and O–H groups in total. The van der Waals surface area contributed by atoms with Gasteiger partial charge >= 0.3 is 6.09 Å². The van der Waals surface area contributed by atoms with Crippen LogP contribution in [0.4, 0.5) is 10.5 Å². The summed E-state index contributed by atoms with van der Waals surface area (Å²) < 4.78 is 1.41. The van der Waals surface area contributed by atoms with Crippen molar-refractivity contribution in [1.82, 2.24) is 4.57 Å². The standard InChI is InChI=1S/C13H14N2O2/c1-8-6-11-12(14-7-8)9-4-2-3-5-10(9)15(11)13(16)17/h2-5,8,14H,6-7H2,1H3,(H,16,17). The van der Waals surface area contributed by atoms with Crippen LogP contribution in [-0.4, -0.2) is 22.3 Å². The zero-order valence-corrected chi connectivity index (χ0v) is 9.60. The monoisotopic (exact) mass is 230 g/mol. The Labute approximate surface area is 98.9 Å². The fourth-order valence-corrected chi connectivity index (χ4v) is 2.58. The van der Waals surface area contributed by atoms with Gasteiger partial charge in [0.05, 0.1) is 16.9 Å². The number of hydrogen-bond acceptors (Lipinski definition) is 2. The quantitative estimate of drug-likeness (QED) is 0.731. The molecule has 0 spiro atoms. The van der Waals surface area contributed by atoms with Crippen molar-refractivity contribution in [2.24, 2.45) is 5.92 Å². The molecule has 0 amide bonds. The van der Waals surface area contributed by atoms with Gasteiger partial charge in [0.1, 0.15) is 0 Å². The van der Waals surface area contributed by atoms with E-state index in [0.29, 0.717) is 5.92 Å². The number of para-hydroxylation sites is 1. The molecule has 2 heterocycles. The first-order valence-corrected chi connectivity index (χ1v) is 5.78. The molecule has 2 aromatic rings. The maximum Gasteiger partial charge on any atom is 0.416 e. The van der Waals surface area contributed by atoms with Gasteiger partial charge in [0.25, 0.3) is 0 Å². The molecular weight excluding hydrogens is 216 g/mol. The summed E-state index contributed by atoms with van der Waals surface area (Å²) in [4.78, 5) is 11.4. The number of hydrogen-bond donors (Lipinski definition) is 2. The minimum absolute atomic E-state index is 0.463. The molecule has 1 aromatic heterocycles. The zero-order chi connectivity index (χ0) is 12.0. The highest BCUT2D eigenvalue weighted by Gasteiger charge is 2.25. The van der Waals surface area contributed by atoms with Gasteiger partial charge < -0.3 is 10.4 Å². The lowest BCUT2D eigenvalue weighted by atomic mass is 10.0. The molecule has 1 aliphatic heterocycles. The van der Waals surface area contributed by atoms with Crippen LogP contribution in [0.5, 0.6) is 0 Å². The Morgan fingerprint density at radius 2 is 2.24 bits per heavy atom. The van der Waals surface area contributed by atoms with Crippen LogP contribution in [0.15, 0.2) is 24.3 Å². The molecule has 1 aliphatic rings. The molecule has 88 valence electrons. The molecule has 0 radical (unpaired) electrons. The number of benzene rings is 1. The van der Waals surface area contributed by atoms with E-state index in [-0.39, 0.29) is 0 Å². The van der Waals surface area contributed by atoms with Crippen LogP contribution in [0, 0.1) is 5.92 Å². The lowest BCUT2D eigenvalue weighted by molar-refractivity contribution is 0.196. The molecule has 0 bridgehead atoms. The molecular formula is C13H14N2O2. The van der Waals surface area contributed by atoms with Gasteiger partial charge in [-0.1, -0.05) is 25.1 Å². The third kappa shape index (κ3) is 1.40. The largest absolute Gasteiger partial charge is 0.464 e. The predicted octanol–water partition coefficient (Wildman–Crippen LogP) is 2.77. The van der Waals surface area contributed by atoms with Gasteiger partial charge in [-0.2, -0.15) is 0 Å². The zero-order valence-electron chi connectivity index (χ0n) is 9.60. The number of fused-ring (bicyclic) bond motifs is 3. The number of nitrogens with one attached hydrogen (secondary N) is 1. The summed E-state index contributed by atoms with van der Waals surface area (Å²) in [5.74, 6) is 0.463. The van der Waals surface area contributed by atoms with Gasteiger partial charge in [-0.05, 0) is 18.4 Å². The topological polar surface area (TPSA) is 54.3 Å². The second kappa shape index (κ2) is 3.52. The first-order valence-electron chi connectivity index (χ1n) is 5.78. The van der Waals surface area contributed by atoms with Crippen LogP contribution in [0.1, 0.15) is 12.6 Å².